The molecule has 8 heteroatoms. The van der Waals surface area contributed by atoms with Crippen molar-refractivity contribution in [3.05, 3.63) is 84.1 Å². The van der Waals surface area contributed by atoms with Crippen molar-refractivity contribution in [3.63, 3.8) is 0 Å². The van der Waals surface area contributed by atoms with Crippen LogP contribution in [0.5, 0.6) is 0 Å². The summed E-state index contributed by atoms with van der Waals surface area (Å²) < 4.78 is 41.2. The molecule has 0 saturated carbocycles. The second-order valence-electron chi connectivity index (χ2n) is 7.46. The van der Waals surface area contributed by atoms with E-state index < -0.39 is 15.9 Å². The van der Waals surface area contributed by atoms with Crippen molar-refractivity contribution in [1.29, 1.82) is 0 Å². The lowest BCUT2D eigenvalue weighted by atomic mass is 9.98. The third-order valence-corrected chi connectivity index (χ3v) is 7.06. The van der Waals surface area contributed by atoms with Gasteiger partial charge in [0.2, 0.25) is 0 Å². The van der Waals surface area contributed by atoms with Crippen LogP contribution in [0, 0.1) is 5.82 Å². The number of nitrogens with one attached hydrogen (secondary N) is 2. The lowest BCUT2D eigenvalue weighted by Gasteiger charge is -2.12. The van der Waals surface area contributed by atoms with Gasteiger partial charge >= 0.3 is 0 Å². The largest absolute Gasteiger partial charge is 0.361 e. The minimum Gasteiger partial charge on any atom is -0.361 e. The minimum absolute atomic E-state index is 0.0782. The van der Waals surface area contributed by atoms with Crippen molar-refractivity contribution in [2.24, 2.45) is 0 Å². The first-order valence-corrected chi connectivity index (χ1v) is 11.3. The zero-order valence-corrected chi connectivity index (χ0v) is 17.9. The van der Waals surface area contributed by atoms with Gasteiger partial charge in [-0.2, -0.15) is 0 Å². The quantitative estimate of drug-likeness (QED) is 0.438. The van der Waals surface area contributed by atoms with Crippen molar-refractivity contribution in [2.75, 3.05) is 5.32 Å². The molecule has 1 amide bonds. The molecule has 0 aliphatic rings. The number of benzene rings is 2. The van der Waals surface area contributed by atoms with Crippen LogP contribution in [0.15, 0.2) is 72.0 Å². The summed E-state index contributed by atoms with van der Waals surface area (Å²) in [4.78, 5) is 15.7. The van der Waals surface area contributed by atoms with Gasteiger partial charge in [0.25, 0.3) is 15.9 Å². The first-order valence-electron chi connectivity index (χ1n) is 9.91. The number of H-pyrrole nitrogens is 1. The van der Waals surface area contributed by atoms with E-state index in [1.165, 1.54) is 30.6 Å². The Bertz CT molecular complexity index is 1370. The van der Waals surface area contributed by atoms with E-state index in [0.29, 0.717) is 11.3 Å². The Kier molecular flexibility index (Phi) is 5.41. The summed E-state index contributed by atoms with van der Waals surface area (Å²) in [5, 5.41) is 3.39. The third-order valence-electron chi connectivity index (χ3n) is 5.43. The van der Waals surface area contributed by atoms with Gasteiger partial charge in [0, 0.05) is 35.2 Å². The molecule has 0 saturated heterocycles. The maximum absolute atomic E-state index is 14.3. The predicted molar refractivity (Wildman–Crippen MR) is 118 cm³/mol. The van der Waals surface area contributed by atoms with Gasteiger partial charge in [-0.25, -0.2) is 16.8 Å². The molecule has 0 fully saturated rings. The monoisotopic (exact) mass is 439 g/mol. The van der Waals surface area contributed by atoms with Gasteiger partial charge in [-0.15, -0.1) is 0 Å². The molecule has 6 nitrogen and oxygen atoms in total. The molecule has 0 aliphatic heterocycles. The van der Waals surface area contributed by atoms with E-state index >= 15 is 0 Å². The molecular formula is C23H22FN3O3S. The van der Waals surface area contributed by atoms with E-state index in [4.69, 9.17) is 0 Å². The van der Waals surface area contributed by atoms with Gasteiger partial charge in [0.1, 0.15) is 5.82 Å². The zero-order chi connectivity index (χ0) is 22.2. The molecule has 1 atom stereocenters. The molecule has 4 rings (SSSR count). The number of amides is 1. The van der Waals surface area contributed by atoms with Crippen molar-refractivity contribution < 1.29 is 17.6 Å². The van der Waals surface area contributed by atoms with Crippen molar-refractivity contribution in [2.45, 2.75) is 31.1 Å². The molecule has 160 valence electrons. The number of rotatable bonds is 6. The Morgan fingerprint density at radius 3 is 2.71 bits per heavy atom. The molecule has 1 unspecified atom stereocenters. The number of hydrogen-bond donors (Lipinski definition) is 2. The minimum atomic E-state index is -3.86. The van der Waals surface area contributed by atoms with Gasteiger partial charge in [-0.3, -0.25) is 4.79 Å². The second kappa shape index (κ2) is 8.03. The number of carbonyl (C=O) groups is 1. The summed E-state index contributed by atoms with van der Waals surface area (Å²) in [6.45, 7) is 3.92. The lowest BCUT2D eigenvalue weighted by Crippen LogP contribution is -2.13. The molecule has 2 aromatic carbocycles. The SMILES string of the molecule is CCC(C)c1ccc(NC(=O)c2ccn(S(=O)(=O)c3ccc4[nH]ccc4c3)c2)cc1F. The first-order chi connectivity index (χ1) is 14.8. The number of halogens is 1. The summed E-state index contributed by atoms with van der Waals surface area (Å²) in [5.41, 5.74) is 1.89. The fourth-order valence-electron chi connectivity index (χ4n) is 3.40. The number of anilines is 1. The maximum atomic E-state index is 14.3. The van der Waals surface area contributed by atoms with E-state index in [-0.39, 0.29) is 22.2 Å². The molecule has 2 heterocycles. The number of fused-ring (bicyclic) bond motifs is 1. The van der Waals surface area contributed by atoms with E-state index in [9.17, 15) is 17.6 Å². The van der Waals surface area contributed by atoms with Crippen molar-refractivity contribution in [3.8, 4) is 0 Å². The molecule has 31 heavy (non-hydrogen) atoms. The Hall–Kier alpha value is -3.39. The number of hydrogen-bond acceptors (Lipinski definition) is 3. The average Bonchev–Trinajstić information content (AvgIpc) is 3.42. The van der Waals surface area contributed by atoms with Crippen LogP contribution in [0.1, 0.15) is 42.1 Å². The van der Waals surface area contributed by atoms with Crippen molar-refractivity contribution in [1.82, 2.24) is 8.96 Å². The Labute approximate surface area is 179 Å². The van der Waals surface area contributed by atoms with Crippen LogP contribution in [0.2, 0.25) is 0 Å². The predicted octanol–water partition coefficient (Wildman–Crippen LogP) is 5.11. The van der Waals surface area contributed by atoms with Crippen LogP contribution in [0.3, 0.4) is 0 Å². The number of carbonyl (C=O) groups excluding carboxylic acids is 1. The van der Waals surface area contributed by atoms with Crippen LogP contribution < -0.4 is 5.32 Å². The average molecular weight is 440 g/mol. The molecule has 2 aromatic heterocycles. The van der Waals surface area contributed by atoms with Crippen LogP contribution >= 0.6 is 0 Å². The van der Waals surface area contributed by atoms with Crippen LogP contribution in [-0.2, 0) is 10.0 Å². The summed E-state index contributed by atoms with van der Waals surface area (Å²) >= 11 is 0. The standard InChI is InChI=1S/C23H22FN3O3S/c1-3-15(2)20-6-4-18(13-21(20)24)26-23(28)17-9-11-27(14-17)31(29,30)19-5-7-22-16(12-19)8-10-25-22/h4-15,25H,3H2,1-2H3,(H,26,28). The molecule has 2 N–H and O–H groups in total. The summed E-state index contributed by atoms with van der Waals surface area (Å²) in [6.07, 6.45) is 5.10. The Balaban J connectivity index is 1.55. The molecule has 0 bridgehead atoms. The van der Waals surface area contributed by atoms with Gasteiger partial charge < -0.3 is 10.3 Å². The molecule has 0 spiro atoms. The zero-order valence-electron chi connectivity index (χ0n) is 17.1. The topological polar surface area (TPSA) is 84.0 Å². The Morgan fingerprint density at radius 1 is 1.16 bits per heavy atom. The highest BCUT2D eigenvalue weighted by atomic mass is 32.2. The number of nitrogens with zero attached hydrogens (tertiary/aromatic N) is 1. The summed E-state index contributed by atoms with van der Waals surface area (Å²) in [5.74, 6) is -0.826. The smallest absolute Gasteiger partial charge is 0.267 e. The number of aromatic nitrogens is 2. The van der Waals surface area contributed by atoms with Gasteiger partial charge in [-0.1, -0.05) is 19.9 Å². The molecule has 0 aliphatic carbocycles. The van der Waals surface area contributed by atoms with E-state index in [0.717, 1.165) is 21.3 Å². The molecular weight excluding hydrogens is 417 g/mol. The van der Waals surface area contributed by atoms with E-state index in [2.05, 4.69) is 10.3 Å². The highest BCUT2D eigenvalue weighted by Gasteiger charge is 2.19. The normalized spacial score (nSPS) is 12.7. The lowest BCUT2D eigenvalue weighted by molar-refractivity contribution is 0.102. The van der Waals surface area contributed by atoms with E-state index in [1.807, 2.05) is 13.8 Å². The Morgan fingerprint density at radius 2 is 1.97 bits per heavy atom. The highest BCUT2D eigenvalue weighted by molar-refractivity contribution is 7.90. The van der Waals surface area contributed by atoms with Crippen LogP contribution in [-0.4, -0.2) is 23.3 Å². The number of aromatic amines is 1. The van der Waals surface area contributed by atoms with Gasteiger partial charge in [-0.05, 0) is 60.4 Å². The maximum Gasteiger partial charge on any atom is 0.267 e. The van der Waals surface area contributed by atoms with E-state index in [1.54, 1.807) is 36.5 Å². The van der Waals surface area contributed by atoms with Crippen molar-refractivity contribution >= 4 is 32.5 Å². The third kappa shape index (κ3) is 3.98. The molecule has 0 radical (unpaired) electrons. The van der Waals surface area contributed by atoms with Gasteiger partial charge in [0.05, 0.1) is 10.5 Å². The molecule has 4 aromatic rings. The summed E-state index contributed by atoms with van der Waals surface area (Å²) in [6, 6.07) is 12.5. The van der Waals surface area contributed by atoms with Gasteiger partial charge in [0.15, 0.2) is 0 Å². The fourth-order valence-corrected chi connectivity index (χ4v) is 4.63. The first kappa shape index (κ1) is 20.9. The van der Waals surface area contributed by atoms with Crippen LogP contribution in [0.4, 0.5) is 10.1 Å². The second-order valence-corrected chi connectivity index (χ2v) is 9.30. The van der Waals surface area contributed by atoms with Crippen LogP contribution in [0.25, 0.3) is 10.9 Å². The summed E-state index contributed by atoms with van der Waals surface area (Å²) in [7, 11) is -3.86. The highest BCUT2D eigenvalue weighted by Crippen LogP contribution is 2.25. The fraction of sp³-hybridized carbons (Fsp3) is 0.174.